The van der Waals surface area contributed by atoms with Gasteiger partial charge in [-0.15, -0.1) is 0 Å². The molecular weight excluding hydrogens is 504 g/mol. The number of hydrazone groups is 1. The van der Waals surface area contributed by atoms with Crippen LogP contribution in [0.4, 0.5) is 0 Å². The van der Waals surface area contributed by atoms with Crippen LogP contribution >= 0.6 is 27.7 Å². The van der Waals surface area contributed by atoms with Gasteiger partial charge in [-0.05, 0) is 64.0 Å². The van der Waals surface area contributed by atoms with E-state index in [9.17, 15) is 9.59 Å². The van der Waals surface area contributed by atoms with Crippen molar-refractivity contribution in [3.63, 3.8) is 0 Å². The lowest BCUT2D eigenvalue weighted by Crippen LogP contribution is -2.24. The quantitative estimate of drug-likeness (QED) is 0.168. The Morgan fingerprint density at radius 2 is 1.91 bits per heavy atom. The Morgan fingerprint density at radius 3 is 2.67 bits per heavy atom. The van der Waals surface area contributed by atoms with Gasteiger partial charge in [-0.1, -0.05) is 42.1 Å². The number of halogens is 1. The summed E-state index contributed by atoms with van der Waals surface area (Å²) in [7, 11) is 1.59. The molecule has 0 saturated heterocycles. The molecule has 1 aromatic heterocycles. The molecule has 0 fully saturated rings. The van der Waals surface area contributed by atoms with E-state index in [-0.39, 0.29) is 17.2 Å². The summed E-state index contributed by atoms with van der Waals surface area (Å²) in [4.78, 5) is 30.2. The van der Waals surface area contributed by atoms with Crippen molar-refractivity contribution in [2.75, 3.05) is 12.9 Å². The topological polar surface area (TPSA) is 85.6 Å². The smallest absolute Gasteiger partial charge is 0.266 e. The molecule has 4 aromatic rings. The van der Waals surface area contributed by atoms with Gasteiger partial charge >= 0.3 is 0 Å². The summed E-state index contributed by atoms with van der Waals surface area (Å²) in [5.41, 5.74) is 4.39. The standard InChI is InChI=1S/C24H19BrN4O3S/c1-32-21-12-11-16(13-19(21)25)14-26-28-22(30)15-33-24-27-20-10-6-5-9-18(20)23(31)29(24)17-7-3-2-4-8-17/h2-14H,15H2,1H3,(H,28,30). The predicted octanol–water partition coefficient (Wildman–Crippen LogP) is 4.40. The van der Waals surface area contributed by atoms with E-state index < -0.39 is 0 Å². The third-order valence-corrected chi connectivity index (χ3v) is 6.23. The van der Waals surface area contributed by atoms with Gasteiger partial charge in [0.05, 0.1) is 40.1 Å². The minimum atomic E-state index is -0.314. The molecule has 0 unspecified atom stereocenters. The fourth-order valence-electron chi connectivity index (χ4n) is 3.12. The van der Waals surface area contributed by atoms with Crippen molar-refractivity contribution < 1.29 is 9.53 Å². The minimum Gasteiger partial charge on any atom is -0.496 e. The van der Waals surface area contributed by atoms with Gasteiger partial charge in [-0.2, -0.15) is 5.10 Å². The monoisotopic (exact) mass is 522 g/mol. The molecule has 3 aromatic carbocycles. The molecule has 1 N–H and O–H groups in total. The molecule has 0 atom stereocenters. The Hall–Kier alpha value is -3.43. The van der Waals surface area contributed by atoms with E-state index in [1.807, 2.05) is 48.5 Å². The first-order valence-corrected chi connectivity index (χ1v) is 11.7. The molecule has 166 valence electrons. The minimum absolute atomic E-state index is 0.0429. The zero-order chi connectivity index (χ0) is 23.2. The normalized spacial score (nSPS) is 11.1. The van der Waals surface area contributed by atoms with Gasteiger partial charge in [0.2, 0.25) is 0 Å². The zero-order valence-electron chi connectivity index (χ0n) is 17.6. The highest BCUT2D eigenvalue weighted by Crippen LogP contribution is 2.25. The van der Waals surface area contributed by atoms with Crippen LogP contribution in [0, 0.1) is 0 Å². The molecule has 0 radical (unpaired) electrons. The number of hydrogen-bond donors (Lipinski definition) is 1. The van der Waals surface area contributed by atoms with Crippen LogP contribution in [-0.2, 0) is 4.79 Å². The van der Waals surface area contributed by atoms with Crippen molar-refractivity contribution in [3.8, 4) is 11.4 Å². The summed E-state index contributed by atoms with van der Waals surface area (Å²) >= 11 is 4.59. The van der Waals surface area contributed by atoms with Crippen LogP contribution < -0.4 is 15.7 Å². The Kier molecular flexibility index (Phi) is 7.21. The van der Waals surface area contributed by atoms with Crippen molar-refractivity contribution in [1.82, 2.24) is 15.0 Å². The summed E-state index contributed by atoms with van der Waals surface area (Å²) in [6.45, 7) is 0. The Bertz CT molecular complexity index is 1390. The molecule has 1 amide bonds. The number of thioether (sulfide) groups is 1. The van der Waals surface area contributed by atoms with E-state index in [2.05, 4.69) is 31.4 Å². The molecule has 0 aliphatic rings. The van der Waals surface area contributed by atoms with E-state index in [0.717, 1.165) is 10.0 Å². The third-order valence-electron chi connectivity index (χ3n) is 4.67. The largest absolute Gasteiger partial charge is 0.496 e. The summed E-state index contributed by atoms with van der Waals surface area (Å²) in [6.07, 6.45) is 1.54. The first kappa shape index (κ1) is 22.8. The molecule has 0 aliphatic heterocycles. The number of nitrogens with zero attached hydrogens (tertiary/aromatic N) is 3. The van der Waals surface area contributed by atoms with Crippen LogP contribution in [0.5, 0.6) is 5.75 Å². The lowest BCUT2D eigenvalue weighted by molar-refractivity contribution is -0.118. The van der Waals surface area contributed by atoms with Crippen LogP contribution in [0.1, 0.15) is 5.56 Å². The highest BCUT2D eigenvalue weighted by molar-refractivity contribution is 9.10. The van der Waals surface area contributed by atoms with Crippen molar-refractivity contribution in [3.05, 3.63) is 93.2 Å². The molecule has 0 bridgehead atoms. The van der Waals surface area contributed by atoms with E-state index >= 15 is 0 Å². The van der Waals surface area contributed by atoms with Gasteiger partial charge in [0, 0.05) is 0 Å². The Labute approximate surface area is 202 Å². The number of benzene rings is 3. The number of ether oxygens (including phenoxy) is 1. The highest BCUT2D eigenvalue weighted by atomic mass is 79.9. The van der Waals surface area contributed by atoms with Gasteiger partial charge in [0.15, 0.2) is 5.16 Å². The average molecular weight is 523 g/mol. The van der Waals surface area contributed by atoms with Gasteiger partial charge in [-0.25, -0.2) is 10.4 Å². The maximum Gasteiger partial charge on any atom is 0.266 e. The lowest BCUT2D eigenvalue weighted by Gasteiger charge is -2.12. The maximum absolute atomic E-state index is 13.2. The van der Waals surface area contributed by atoms with Gasteiger partial charge in [0.1, 0.15) is 5.75 Å². The molecule has 33 heavy (non-hydrogen) atoms. The first-order chi connectivity index (χ1) is 16.1. The van der Waals surface area contributed by atoms with Crippen LogP contribution in [0.3, 0.4) is 0 Å². The molecule has 4 rings (SSSR count). The fraction of sp³-hybridized carbons (Fsp3) is 0.0833. The molecule has 0 spiro atoms. The molecule has 1 heterocycles. The van der Waals surface area contributed by atoms with Crippen molar-refractivity contribution in [1.29, 1.82) is 0 Å². The number of methoxy groups -OCH3 is 1. The number of fused-ring (bicyclic) bond motifs is 1. The number of hydrogen-bond acceptors (Lipinski definition) is 6. The fourth-order valence-corrected chi connectivity index (χ4v) is 4.48. The average Bonchev–Trinajstić information content (AvgIpc) is 2.83. The predicted molar refractivity (Wildman–Crippen MR) is 134 cm³/mol. The van der Waals surface area contributed by atoms with Crippen LogP contribution in [0.15, 0.2) is 92.3 Å². The van der Waals surface area contributed by atoms with Crippen LogP contribution in [0.25, 0.3) is 16.6 Å². The second-order valence-corrected chi connectivity index (χ2v) is 8.66. The SMILES string of the molecule is COc1ccc(C=NNC(=O)CSc2nc3ccccc3c(=O)n2-c2ccccc2)cc1Br. The highest BCUT2D eigenvalue weighted by Gasteiger charge is 2.14. The van der Waals surface area contributed by atoms with E-state index in [4.69, 9.17) is 4.74 Å². The second-order valence-electron chi connectivity index (χ2n) is 6.86. The van der Waals surface area contributed by atoms with Gasteiger partial charge in [0.25, 0.3) is 11.5 Å². The summed E-state index contributed by atoms with van der Waals surface area (Å²) in [5, 5.41) is 4.96. The van der Waals surface area contributed by atoms with Crippen molar-refractivity contribution >= 4 is 50.7 Å². The molecule has 0 aliphatic carbocycles. The Balaban J connectivity index is 1.51. The summed E-state index contributed by atoms with van der Waals surface area (Å²) in [5.74, 6) is 0.437. The molecular formula is C24H19BrN4O3S. The number of amides is 1. The third kappa shape index (κ3) is 5.32. The molecule has 7 nitrogen and oxygen atoms in total. The zero-order valence-corrected chi connectivity index (χ0v) is 20.0. The number of nitrogens with one attached hydrogen (secondary N) is 1. The summed E-state index contributed by atoms with van der Waals surface area (Å²) in [6, 6.07) is 21.9. The van der Waals surface area contributed by atoms with Crippen molar-refractivity contribution in [2.24, 2.45) is 5.10 Å². The molecule has 9 heteroatoms. The van der Waals surface area contributed by atoms with E-state index in [1.54, 1.807) is 37.6 Å². The first-order valence-electron chi connectivity index (χ1n) is 9.92. The summed E-state index contributed by atoms with van der Waals surface area (Å²) < 4.78 is 7.51. The van der Waals surface area contributed by atoms with E-state index in [0.29, 0.717) is 27.5 Å². The van der Waals surface area contributed by atoms with Crippen LogP contribution in [0.2, 0.25) is 0 Å². The Morgan fingerprint density at radius 1 is 1.15 bits per heavy atom. The van der Waals surface area contributed by atoms with E-state index in [1.165, 1.54) is 16.3 Å². The van der Waals surface area contributed by atoms with Crippen molar-refractivity contribution in [2.45, 2.75) is 5.16 Å². The number of para-hydroxylation sites is 2. The number of carbonyl (C=O) groups is 1. The number of rotatable bonds is 7. The lowest BCUT2D eigenvalue weighted by atomic mass is 10.2. The molecule has 0 saturated carbocycles. The number of aromatic nitrogens is 2. The second kappa shape index (κ2) is 10.5. The van der Waals surface area contributed by atoms with Gasteiger partial charge < -0.3 is 4.74 Å². The number of carbonyl (C=O) groups excluding carboxylic acids is 1. The maximum atomic E-state index is 13.2. The van der Waals surface area contributed by atoms with Crippen LogP contribution in [-0.4, -0.2) is 34.5 Å². The van der Waals surface area contributed by atoms with Gasteiger partial charge in [-0.3, -0.25) is 14.2 Å².